The van der Waals surface area contributed by atoms with Crippen molar-refractivity contribution in [3.8, 4) is 6.07 Å². The van der Waals surface area contributed by atoms with Crippen molar-refractivity contribution in [3.63, 3.8) is 0 Å². The number of hydrogen-bond acceptors (Lipinski definition) is 3. The van der Waals surface area contributed by atoms with E-state index in [2.05, 4.69) is 5.32 Å². The van der Waals surface area contributed by atoms with Crippen LogP contribution in [0.4, 0.5) is 14.5 Å². The second-order valence-corrected chi connectivity index (χ2v) is 4.49. The summed E-state index contributed by atoms with van der Waals surface area (Å²) in [6, 6.07) is 8.53. The number of nitriles is 1. The molecule has 0 atom stereocenters. The molecule has 0 saturated carbocycles. The molecule has 20 heavy (non-hydrogen) atoms. The first-order chi connectivity index (χ1) is 9.51. The van der Waals surface area contributed by atoms with Crippen molar-refractivity contribution >= 4 is 11.6 Å². The van der Waals surface area contributed by atoms with Gasteiger partial charge in [0.05, 0.1) is 18.2 Å². The molecule has 0 spiro atoms. The molecule has 0 aromatic heterocycles. The molecule has 6 heteroatoms. The summed E-state index contributed by atoms with van der Waals surface area (Å²) >= 11 is 0. The highest BCUT2D eigenvalue weighted by Crippen LogP contribution is 2.09. The molecule has 108 valence electrons. The fraction of sp³-hybridized carbons (Fsp3) is 0.429. The Morgan fingerprint density at radius 2 is 2.05 bits per heavy atom. The van der Waals surface area contributed by atoms with Crippen molar-refractivity contribution in [2.24, 2.45) is 0 Å². The van der Waals surface area contributed by atoms with Crippen molar-refractivity contribution in [2.45, 2.75) is 19.3 Å². The number of amides is 1. The number of anilines is 1. The molecule has 0 bridgehead atoms. The van der Waals surface area contributed by atoms with E-state index in [0.29, 0.717) is 24.2 Å². The Balaban J connectivity index is 2.28. The number of hydrogen-bond donors (Lipinski definition) is 1. The first-order valence-corrected chi connectivity index (χ1v) is 6.28. The van der Waals surface area contributed by atoms with E-state index in [9.17, 15) is 13.6 Å². The molecule has 4 nitrogen and oxygen atoms in total. The van der Waals surface area contributed by atoms with Crippen molar-refractivity contribution in [2.75, 3.05) is 25.5 Å². The predicted octanol–water partition coefficient (Wildman–Crippen LogP) is 2.47. The Morgan fingerprint density at radius 3 is 2.60 bits per heavy atom. The number of rotatable bonds is 7. The maximum atomic E-state index is 12.1. The standard InChI is InChI=1S/C14H17F2N3O/c1-19(10-13(15)16)8-2-3-14(20)18-12-6-4-11(9-17)5-7-12/h4-7,13H,2-3,8,10H2,1H3,(H,18,20). The van der Waals surface area contributed by atoms with Gasteiger partial charge in [0.2, 0.25) is 5.91 Å². The molecule has 1 amide bonds. The first-order valence-electron chi connectivity index (χ1n) is 6.28. The number of carbonyl (C=O) groups is 1. The second-order valence-electron chi connectivity index (χ2n) is 4.49. The Labute approximate surface area is 117 Å². The van der Waals surface area contributed by atoms with Crippen molar-refractivity contribution in [1.29, 1.82) is 5.26 Å². The fourth-order valence-corrected chi connectivity index (χ4v) is 1.69. The van der Waals surface area contributed by atoms with E-state index < -0.39 is 6.43 Å². The Hall–Kier alpha value is -2.00. The topological polar surface area (TPSA) is 56.1 Å². The highest BCUT2D eigenvalue weighted by molar-refractivity contribution is 5.90. The molecular formula is C14H17F2N3O. The third-order valence-corrected chi connectivity index (χ3v) is 2.69. The number of halogens is 2. The van der Waals surface area contributed by atoms with Gasteiger partial charge in [0.25, 0.3) is 6.43 Å². The number of nitrogens with zero attached hydrogens (tertiary/aromatic N) is 2. The van der Waals surface area contributed by atoms with Crippen LogP contribution in [-0.2, 0) is 4.79 Å². The molecule has 0 unspecified atom stereocenters. The van der Waals surface area contributed by atoms with Gasteiger partial charge >= 0.3 is 0 Å². The number of carbonyl (C=O) groups excluding carboxylic acids is 1. The minimum absolute atomic E-state index is 0.167. The number of alkyl halides is 2. The third kappa shape index (κ3) is 6.25. The highest BCUT2D eigenvalue weighted by atomic mass is 19.3. The lowest BCUT2D eigenvalue weighted by Gasteiger charge is -2.15. The molecule has 0 fully saturated rings. The summed E-state index contributed by atoms with van der Waals surface area (Å²) < 4.78 is 24.2. The van der Waals surface area contributed by atoms with E-state index in [1.54, 1.807) is 31.3 Å². The van der Waals surface area contributed by atoms with Gasteiger partial charge in [-0.05, 0) is 44.3 Å². The molecule has 0 saturated heterocycles. The molecule has 0 radical (unpaired) electrons. The monoisotopic (exact) mass is 281 g/mol. The lowest BCUT2D eigenvalue weighted by atomic mass is 10.2. The molecule has 1 aromatic rings. The normalized spacial score (nSPS) is 10.6. The zero-order valence-corrected chi connectivity index (χ0v) is 11.3. The fourth-order valence-electron chi connectivity index (χ4n) is 1.69. The van der Waals surface area contributed by atoms with Crippen LogP contribution in [0.2, 0.25) is 0 Å². The van der Waals surface area contributed by atoms with Crippen LogP contribution in [0.1, 0.15) is 18.4 Å². The van der Waals surface area contributed by atoms with Crippen molar-refractivity contribution in [3.05, 3.63) is 29.8 Å². The van der Waals surface area contributed by atoms with Gasteiger partial charge in [0.15, 0.2) is 0 Å². The summed E-state index contributed by atoms with van der Waals surface area (Å²) in [6.07, 6.45) is -1.56. The van der Waals surface area contributed by atoms with Gasteiger partial charge in [-0.2, -0.15) is 5.26 Å². The lowest BCUT2D eigenvalue weighted by molar-refractivity contribution is -0.116. The SMILES string of the molecule is CN(CCCC(=O)Nc1ccc(C#N)cc1)CC(F)F. The van der Waals surface area contributed by atoms with Crippen LogP contribution in [-0.4, -0.2) is 37.4 Å². The summed E-state index contributed by atoms with van der Waals surface area (Å²) in [4.78, 5) is 13.1. The van der Waals surface area contributed by atoms with Gasteiger partial charge in [-0.25, -0.2) is 8.78 Å². The van der Waals surface area contributed by atoms with E-state index in [4.69, 9.17) is 5.26 Å². The van der Waals surface area contributed by atoms with E-state index in [1.165, 1.54) is 4.90 Å². The minimum Gasteiger partial charge on any atom is -0.326 e. The van der Waals surface area contributed by atoms with Gasteiger partial charge < -0.3 is 10.2 Å². The molecule has 1 aromatic carbocycles. The molecule has 0 aliphatic heterocycles. The van der Waals surface area contributed by atoms with Gasteiger partial charge in [-0.15, -0.1) is 0 Å². The average molecular weight is 281 g/mol. The molecule has 0 aliphatic carbocycles. The Bertz CT molecular complexity index is 468. The van der Waals surface area contributed by atoms with E-state index in [1.807, 2.05) is 6.07 Å². The zero-order valence-electron chi connectivity index (χ0n) is 11.3. The maximum Gasteiger partial charge on any atom is 0.251 e. The van der Waals surface area contributed by atoms with Crippen LogP contribution in [0.15, 0.2) is 24.3 Å². The summed E-state index contributed by atoms with van der Waals surface area (Å²) in [7, 11) is 1.60. The Morgan fingerprint density at radius 1 is 1.40 bits per heavy atom. The molecular weight excluding hydrogens is 264 g/mol. The number of nitrogens with one attached hydrogen (secondary N) is 1. The van der Waals surface area contributed by atoms with Crippen LogP contribution in [0.3, 0.4) is 0 Å². The maximum absolute atomic E-state index is 12.1. The molecule has 1 rings (SSSR count). The third-order valence-electron chi connectivity index (χ3n) is 2.69. The zero-order chi connectivity index (χ0) is 15.0. The van der Waals surface area contributed by atoms with Crippen molar-refractivity contribution in [1.82, 2.24) is 4.90 Å². The van der Waals surface area contributed by atoms with Gasteiger partial charge in [0, 0.05) is 12.1 Å². The van der Waals surface area contributed by atoms with Crippen molar-refractivity contribution < 1.29 is 13.6 Å². The van der Waals surface area contributed by atoms with Crippen LogP contribution in [0, 0.1) is 11.3 Å². The first kappa shape index (κ1) is 16.1. The smallest absolute Gasteiger partial charge is 0.251 e. The predicted molar refractivity (Wildman–Crippen MR) is 72.5 cm³/mol. The molecule has 0 aliphatic rings. The summed E-state index contributed by atoms with van der Waals surface area (Å²) in [6.45, 7) is 0.169. The lowest BCUT2D eigenvalue weighted by Crippen LogP contribution is -2.26. The minimum atomic E-state index is -2.35. The molecule has 1 N–H and O–H groups in total. The van der Waals surface area contributed by atoms with Gasteiger partial charge in [-0.3, -0.25) is 4.79 Å². The average Bonchev–Trinajstić information content (AvgIpc) is 2.38. The van der Waals surface area contributed by atoms with Crippen LogP contribution in [0.25, 0.3) is 0 Å². The molecule has 0 heterocycles. The van der Waals surface area contributed by atoms with E-state index in [-0.39, 0.29) is 18.9 Å². The highest BCUT2D eigenvalue weighted by Gasteiger charge is 2.08. The van der Waals surface area contributed by atoms with Gasteiger partial charge in [-0.1, -0.05) is 0 Å². The van der Waals surface area contributed by atoms with Crippen LogP contribution in [0.5, 0.6) is 0 Å². The van der Waals surface area contributed by atoms with Crippen LogP contribution >= 0.6 is 0 Å². The summed E-state index contributed by atoms with van der Waals surface area (Å²) in [5.41, 5.74) is 1.14. The van der Waals surface area contributed by atoms with E-state index in [0.717, 1.165) is 0 Å². The largest absolute Gasteiger partial charge is 0.326 e. The Kier molecular flexibility index (Phi) is 6.60. The summed E-state index contributed by atoms with van der Waals surface area (Å²) in [5, 5.41) is 11.3. The van der Waals surface area contributed by atoms with Gasteiger partial charge in [0.1, 0.15) is 0 Å². The summed E-state index contributed by atoms with van der Waals surface area (Å²) in [5.74, 6) is -0.167. The second kappa shape index (κ2) is 8.23. The van der Waals surface area contributed by atoms with Crippen LogP contribution < -0.4 is 5.32 Å². The quantitative estimate of drug-likeness (QED) is 0.835. The number of benzene rings is 1. The van der Waals surface area contributed by atoms with E-state index >= 15 is 0 Å².